The molecule has 116 valence electrons. The van der Waals surface area contributed by atoms with Gasteiger partial charge in [-0.25, -0.2) is 0 Å². The fourth-order valence-electron chi connectivity index (χ4n) is 2.61. The number of aromatic nitrogens is 2. The number of nitrogens with zero attached hydrogens (tertiary/aromatic N) is 2. The topological polar surface area (TPSA) is 64.0 Å². The van der Waals surface area contributed by atoms with E-state index in [1.165, 1.54) is 0 Å². The summed E-state index contributed by atoms with van der Waals surface area (Å²) in [5.41, 5.74) is 2.34. The lowest BCUT2D eigenvalue weighted by molar-refractivity contribution is 0.0935. The highest BCUT2D eigenvalue weighted by molar-refractivity contribution is 5.94. The van der Waals surface area contributed by atoms with E-state index < -0.39 is 0 Å². The monoisotopic (exact) mass is 307 g/mol. The first-order valence-electron chi connectivity index (χ1n) is 7.46. The molecule has 0 atom stereocenters. The molecule has 0 saturated carbocycles. The summed E-state index contributed by atoms with van der Waals surface area (Å²) < 4.78 is 1.64. The van der Waals surface area contributed by atoms with Gasteiger partial charge >= 0.3 is 0 Å². The van der Waals surface area contributed by atoms with E-state index in [9.17, 15) is 9.59 Å². The van der Waals surface area contributed by atoms with Gasteiger partial charge in [-0.05, 0) is 30.2 Å². The fraction of sp³-hybridized carbons (Fsp3) is 0.167. The van der Waals surface area contributed by atoms with Crippen LogP contribution in [0.25, 0.3) is 10.9 Å². The van der Waals surface area contributed by atoms with E-state index >= 15 is 0 Å². The van der Waals surface area contributed by atoms with E-state index in [0.29, 0.717) is 18.7 Å². The van der Waals surface area contributed by atoms with Crippen molar-refractivity contribution in [3.63, 3.8) is 0 Å². The number of carbonyl (C=O) groups excluding carboxylic acids is 2. The SMILES string of the molecule is CC(=O)n1cc(CCNC(=O)c2ccccn2)c2ccccc21. The molecule has 2 aromatic heterocycles. The molecular weight excluding hydrogens is 290 g/mol. The van der Waals surface area contributed by atoms with Gasteiger partial charge in [-0.3, -0.25) is 19.1 Å². The van der Waals surface area contributed by atoms with Crippen LogP contribution in [0.1, 0.15) is 27.8 Å². The predicted octanol–water partition coefficient (Wildman–Crippen LogP) is 2.67. The molecule has 1 aromatic carbocycles. The summed E-state index contributed by atoms with van der Waals surface area (Å²) >= 11 is 0. The first-order chi connectivity index (χ1) is 11.2. The van der Waals surface area contributed by atoms with Crippen molar-refractivity contribution >= 4 is 22.7 Å². The molecule has 5 heteroatoms. The number of amides is 1. The van der Waals surface area contributed by atoms with Gasteiger partial charge in [0, 0.05) is 31.2 Å². The third-order valence-corrected chi connectivity index (χ3v) is 3.71. The highest BCUT2D eigenvalue weighted by Gasteiger charge is 2.11. The van der Waals surface area contributed by atoms with Gasteiger partial charge in [-0.2, -0.15) is 0 Å². The average Bonchev–Trinajstić information content (AvgIpc) is 2.95. The number of hydrogen-bond donors (Lipinski definition) is 1. The smallest absolute Gasteiger partial charge is 0.269 e. The minimum Gasteiger partial charge on any atom is -0.350 e. The minimum atomic E-state index is -0.194. The maximum absolute atomic E-state index is 12.0. The van der Waals surface area contributed by atoms with Gasteiger partial charge in [0.15, 0.2) is 0 Å². The Bertz CT molecular complexity index is 853. The molecule has 0 saturated heterocycles. The highest BCUT2D eigenvalue weighted by Crippen LogP contribution is 2.21. The van der Waals surface area contributed by atoms with E-state index in [4.69, 9.17) is 0 Å². The van der Waals surface area contributed by atoms with Gasteiger partial charge in [0.1, 0.15) is 5.69 Å². The molecule has 2 heterocycles. The Morgan fingerprint density at radius 1 is 1.13 bits per heavy atom. The summed E-state index contributed by atoms with van der Waals surface area (Å²) in [6.07, 6.45) is 4.09. The molecule has 5 nitrogen and oxygen atoms in total. The van der Waals surface area contributed by atoms with E-state index in [-0.39, 0.29) is 11.8 Å². The van der Waals surface area contributed by atoms with E-state index in [2.05, 4.69) is 10.3 Å². The van der Waals surface area contributed by atoms with Crippen LogP contribution < -0.4 is 5.32 Å². The summed E-state index contributed by atoms with van der Waals surface area (Å²) in [5, 5.41) is 3.89. The van der Waals surface area contributed by atoms with Gasteiger partial charge in [0.05, 0.1) is 5.52 Å². The Hall–Kier alpha value is -2.95. The molecule has 23 heavy (non-hydrogen) atoms. The van der Waals surface area contributed by atoms with Crippen molar-refractivity contribution in [2.75, 3.05) is 6.54 Å². The third kappa shape index (κ3) is 3.13. The largest absolute Gasteiger partial charge is 0.350 e. The number of pyridine rings is 1. The number of nitrogens with one attached hydrogen (secondary N) is 1. The zero-order chi connectivity index (χ0) is 16.2. The van der Waals surface area contributed by atoms with Crippen molar-refractivity contribution in [2.24, 2.45) is 0 Å². The van der Waals surface area contributed by atoms with E-state index in [1.807, 2.05) is 30.5 Å². The lowest BCUT2D eigenvalue weighted by atomic mass is 10.1. The molecule has 1 N–H and O–H groups in total. The molecule has 0 aliphatic heterocycles. The Labute approximate surface area is 134 Å². The molecule has 3 aromatic rings. The second kappa shape index (κ2) is 6.44. The molecule has 0 unspecified atom stereocenters. The van der Waals surface area contributed by atoms with Crippen molar-refractivity contribution < 1.29 is 9.59 Å². The minimum absolute atomic E-state index is 0.0232. The van der Waals surface area contributed by atoms with Crippen LogP contribution in [0, 0.1) is 0 Å². The van der Waals surface area contributed by atoms with Crippen molar-refractivity contribution in [2.45, 2.75) is 13.3 Å². The molecule has 0 aliphatic rings. The summed E-state index contributed by atoms with van der Waals surface area (Å²) in [6.45, 7) is 2.03. The van der Waals surface area contributed by atoms with Crippen molar-refractivity contribution in [1.82, 2.24) is 14.9 Å². The lowest BCUT2D eigenvalue weighted by Crippen LogP contribution is -2.26. The molecular formula is C18H17N3O2. The van der Waals surface area contributed by atoms with Crippen molar-refractivity contribution in [1.29, 1.82) is 0 Å². The third-order valence-electron chi connectivity index (χ3n) is 3.71. The Balaban J connectivity index is 1.73. The quantitative estimate of drug-likeness (QED) is 0.806. The lowest BCUT2D eigenvalue weighted by Gasteiger charge is -2.04. The first-order valence-corrected chi connectivity index (χ1v) is 7.46. The summed E-state index contributed by atoms with van der Waals surface area (Å²) in [5.74, 6) is -0.217. The molecule has 0 radical (unpaired) electrons. The normalized spacial score (nSPS) is 10.7. The number of hydrogen-bond acceptors (Lipinski definition) is 3. The second-order valence-corrected chi connectivity index (χ2v) is 5.28. The highest BCUT2D eigenvalue weighted by atomic mass is 16.2. The van der Waals surface area contributed by atoms with Gasteiger partial charge in [-0.15, -0.1) is 0 Å². The maximum Gasteiger partial charge on any atom is 0.269 e. The van der Waals surface area contributed by atoms with Crippen LogP contribution >= 0.6 is 0 Å². The summed E-state index contributed by atoms with van der Waals surface area (Å²) in [6, 6.07) is 13.0. The van der Waals surface area contributed by atoms with Crippen molar-refractivity contribution in [3.05, 3.63) is 66.1 Å². The van der Waals surface area contributed by atoms with Gasteiger partial charge < -0.3 is 5.32 Å². The average molecular weight is 307 g/mol. The number of rotatable bonds is 4. The van der Waals surface area contributed by atoms with Crippen LogP contribution in [0.2, 0.25) is 0 Å². The summed E-state index contributed by atoms with van der Waals surface area (Å²) in [4.78, 5) is 27.7. The number of fused-ring (bicyclic) bond motifs is 1. The maximum atomic E-state index is 12.0. The fourth-order valence-corrected chi connectivity index (χ4v) is 2.61. The van der Waals surface area contributed by atoms with Crippen LogP contribution in [0.15, 0.2) is 54.9 Å². The molecule has 0 bridgehead atoms. The van der Waals surface area contributed by atoms with Crippen LogP contribution in [0.4, 0.5) is 0 Å². The summed E-state index contributed by atoms with van der Waals surface area (Å²) in [7, 11) is 0. The molecule has 0 spiro atoms. The molecule has 1 amide bonds. The first kappa shape index (κ1) is 15.0. The standard InChI is InChI=1S/C18H17N3O2/c1-13(22)21-12-14(15-6-2-3-8-17(15)21)9-11-20-18(23)16-7-4-5-10-19-16/h2-8,10,12H,9,11H2,1H3,(H,20,23). The predicted molar refractivity (Wildman–Crippen MR) is 88.5 cm³/mol. The number of carbonyl (C=O) groups is 2. The number of para-hydroxylation sites is 1. The molecule has 3 rings (SSSR count). The zero-order valence-corrected chi connectivity index (χ0v) is 12.8. The van der Waals surface area contributed by atoms with Gasteiger partial charge in [0.2, 0.25) is 5.91 Å². The molecule has 0 fully saturated rings. The van der Waals surface area contributed by atoms with Crippen LogP contribution in [-0.4, -0.2) is 27.9 Å². The van der Waals surface area contributed by atoms with Crippen LogP contribution in [0.3, 0.4) is 0 Å². The van der Waals surface area contributed by atoms with Gasteiger partial charge in [0.25, 0.3) is 5.91 Å². The Morgan fingerprint density at radius 2 is 1.91 bits per heavy atom. The van der Waals surface area contributed by atoms with Crippen LogP contribution in [0.5, 0.6) is 0 Å². The second-order valence-electron chi connectivity index (χ2n) is 5.28. The number of benzene rings is 1. The zero-order valence-electron chi connectivity index (χ0n) is 12.8. The van der Waals surface area contributed by atoms with Crippen molar-refractivity contribution in [3.8, 4) is 0 Å². The van der Waals surface area contributed by atoms with Crippen LogP contribution in [-0.2, 0) is 6.42 Å². The Morgan fingerprint density at radius 3 is 2.65 bits per heavy atom. The van der Waals surface area contributed by atoms with Gasteiger partial charge in [-0.1, -0.05) is 24.3 Å². The Kier molecular flexibility index (Phi) is 4.19. The van der Waals surface area contributed by atoms with E-state index in [1.54, 1.807) is 35.9 Å². The van der Waals surface area contributed by atoms with E-state index in [0.717, 1.165) is 16.5 Å². The molecule has 0 aliphatic carbocycles.